The minimum Gasteiger partial charge on any atom is -0.469 e. The maximum atomic E-state index is 13.7. The molecule has 2 aliphatic rings. The number of methoxy groups -OCH3 is 1. The van der Waals surface area contributed by atoms with Gasteiger partial charge in [0.15, 0.2) is 0 Å². The summed E-state index contributed by atoms with van der Waals surface area (Å²) in [7, 11) is 1.34. The lowest BCUT2D eigenvalue weighted by Crippen LogP contribution is -2.54. The quantitative estimate of drug-likeness (QED) is 0.420. The Morgan fingerprint density at radius 2 is 1.30 bits per heavy atom. The van der Waals surface area contributed by atoms with Crippen LogP contribution in [0.25, 0.3) is 22.5 Å². The van der Waals surface area contributed by atoms with Gasteiger partial charge in [-0.25, -0.2) is 4.98 Å². The first-order chi connectivity index (χ1) is 19.5. The molecule has 208 valence electrons. The van der Waals surface area contributed by atoms with Crippen LogP contribution in [0, 0.1) is 0 Å². The Kier molecular flexibility index (Phi) is 8.86. The molecule has 2 aliphatic heterocycles. The van der Waals surface area contributed by atoms with Crippen LogP contribution < -0.4 is 0 Å². The molecule has 8 nitrogen and oxygen atoms in total. The smallest absolute Gasteiger partial charge is 0.306 e. The van der Waals surface area contributed by atoms with Crippen LogP contribution in [0.3, 0.4) is 0 Å². The predicted molar refractivity (Wildman–Crippen MR) is 153 cm³/mol. The standard InChI is InChI=1S/C32H36N4O4/c1-40-31(38)13-12-30(37)35-16-14-27(15-17-35)34-18-20-36(21-19-34)32(39)26-22-28(24-8-4-2-5-9-24)33-29(23-26)25-10-6-3-7-11-25/h2-11,22-23,27H,12-21H2,1H3. The number of aromatic nitrogens is 1. The number of piperidine rings is 1. The van der Waals surface area contributed by atoms with E-state index in [1.165, 1.54) is 7.11 Å². The number of rotatable bonds is 7. The lowest BCUT2D eigenvalue weighted by molar-refractivity contribution is -0.144. The van der Waals surface area contributed by atoms with Crippen molar-refractivity contribution in [3.05, 3.63) is 78.4 Å². The lowest BCUT2D eigenvalue weighted by atomic mass is 10.0. The molecule has 2 amide bonds. The van der Waals surface area contributed by atoms with E-state index in [0.29, 0.717) is 37.8 Å². The zero-order valence-corrected chi connectivity index (χ0v) is 23.0. The third-order valence-corrected chi connectivity index (χ3v) is 7.92. The van der Waals surface area contributed by atoms with E-state index in [4.69, 9.17) is 4.98 Å². The van der Waals surface area contributed by atoms with E-state index in [0.717, 1.165) is 48.4 Å². The Bertz CT molecular complexity index is 1260. The maximum Gasteiger partial charge on any atom is 0.306 e. The van der Waals surface area contributed by atoms with E-state index in [1.54, 1.807) is 0 Å². The van der Waals surface area contributed by atoms with Crippen LogP contribution in [0.2, 0.25) is 0 Å². The summed E-state index contributed by atoms with van der Waals surface area (Å²) >= 11 is 0. The average molecular weight is 541 g/mol. The number of ether oxygens (including phenoxy) is 1. The number of carbonyl (C=O) groups excluding carboxylic acids is 3. The number of esters is 1. The second kappa shape index (κ2) is 12.9. The fourth-order valence-electron chi connectivity index (χ4n) is 5.59. The van der Waals surface area contributed by atoms with Gasteiger partial charge in [0.1, 0.15) is 0 Å². The lowest BCUT2D eigenvalue weighted by Gasteiger charge is -2.42. The molecule has 1 aromatic heterocycles. The fourth-order valence-corrected chi connectivity index (χ4v) is 5.59. The number of carbonyl (C=O) groups is 3. The van der Waals surface area contributed by atoms with E-state index in [9.17, 15) is 14.4 Å². The highest BCUT2D eigenvalue weighted by Gasteiger charge is 2.30. The van der Waals surface area contributed by atoms with Gasteiger partial charge in [0.05, 0.1) is 24.9 Å². The third-order valence-electron chi connectivity index (χ3n) is 7.92. The first kappa shape index (κ1) is 27.5. The van der Waals surface area contributed by atoms with Gasteiger partial charge in [-0.3, -0.25) is 19.3 Å². The van der Waals surface area contributed by atoms with Gasteiger partial charge in [0, 0.05) is 68.4 Å². The van der Waals surface area contributed by atoms with Crippen molar-refractivity contribution in [3.63, 3.8) is 0 Å². The molecule has 0 unspecified atom stereocenters. The van der Waals surface area contributed by atoms with Crippen molar-refractivity contribution < 1.29 is 19.1 Å². The summed E-state index contributed by atoms with van der Waals surface area (Å²) in [5, 5.41) is 0. The molecule has 0 bridgehead atoms. The first-order valence-electron chi connectivity index (χ1n) is 14.0. The number of piperazine rings is 1. The molecule has 0 atom stereocenters. The SMILES string of the molecule is COC(=O)CCC(=O)N1CCC(N2CCN(C(=O)c3cc(-c4ccccc4)nc(-c4ccccc4)c3)CC2)CC1. The van der Waals surface area contributed by atoms with Crippen molar-refractivity contribution in [3.8, 4) is 22.5 Å². The highest BCUT2D eigenvalue weighted by molar-refractivity contribution is 5.96. The van der Waals surface area contributed by atoms with Crippen LogP contribution >= 0.6 is 0 Å². The van der Waals surface area contributed by atoms with Crippen LogP contribution in [0.1, 0.15) is 36.0 Å². The average Bonchev–Trinajstić information content (AvgIpc) is 3.04. The van der Waals surface area contributed by atoms with Gasteiger partial charge < -0.3 is 14.5 Å². The van der Waals surface area contributed by atoms with Crippen molar-refractivity contribution in [2.45, 2.75) is 31.7 Å². The number of nitrogens with zero attached hydrogens (tertiary/aromatic N) is 4. The molecule has 40 heavy (non-hydrogen) atoms. The van der Waals surface area contributed by atoms with Crippen molar-refractivity contribution in [1.82, 2.24) is 19.7 Å². The minimum absolute atomic E-state index is 0.0151. The molecule has 3 heterocycles. The number of pyridine rings is 1. The molecule has 8 heteroatoms. The van der Waals surface area contributed by atoms with Crippen molar-refractivity contribution >= 4 is 17.8 Å². The molecule has 2 fully saturated rings. The van der Waals surface area contributed by atoms with E-state index in [2.05, 4.69) is 9.64 Å². The molecular formula is C32H36N4O4. The Morgan fingerprint density at radius 3 is 1.82 bits per heavy atom. The molecule has 2 saturated heterocycles. The van der Waals surface area contributed by atoms with Crippen molar-refractivity contribution in [2.75, 3.05) is 46.4 Å². The van der Waals surface area contributed by atoms with Gasteiger partial charge in [0.2, 0.25) is 5.91 Å². The third kappa shape index (κ3) is 6.57. The van der Waals surface area contributed by atoms with Gasteiger partial charge in [0.25, 0.3) is 5.91 Å². The van der Waals surface area contributed by atoms with Gasteiger partial charge in [-0.1, -0.05) is 60.7 Å². The fraction of sp³-hybridized carbons (Fsp3) is 0.375. The number of amides is 2. The molecule has 3 aromatic rings. The molecule has 0 spiro atoms. The van der Waals surface area contributed by atoms with Crippen LogP contribution in [-0.2, 0) is 14.3 Å². The van der Waals surface area contributed by atoms with Gasteiger partial charge in [-0.05, 0) is 25.0 Å². The largest absolute Gasteiger partial charge is 0.469 e. The first-order valence-corrected chi connectivity index (χ1v) is 14.0. The van der Waals surface area contributed by atoms with Gasteiger partial charge in [-0.15, -0.1) is 0 Å². The molecule has 0 radical (unpaired) electrons. The van der Waals surface area contributed by atoms with E-state index in [1.807, 2.05) is 82.6 Å². The Labute approximate surface area is 235 Å². The Hall–Kier alpha value is -4.04. The predicted octanol–water partition coefficient (Wildman–Crippen LogP) is 4.12. The topological polar surface area (TPSA) is 83.1 Å². The van der Waals surface area contributed by atoms with Crippen molar-refractivity contribution in [1.29, 1.82) is 0 Å². The summed E-state index contributed by atoms with van der Waals surface area (Å²) in [6, 6.07) is 24.2. The Balaban J connectivity index is 1.21. The zero-order valence-electron chi connectivity index (χ0n) is 23.0. The molecule has 2 aromatic carbocycles. The van der Waals surface area contributed by atoms with E-state index in [-0.39, 0.29) is 30.6 Å². The number of hydrogen-bond donors (Lipinski definition) is 0. The zero-order chi connectivity index (χ0) is 27.9. The van der Waals surface area contributed by atoms with E-state index < -0.39 is 0 Å². The summed E-state index contributed by atoms with van der Waals surface area (Å²) in [6.45, 7) is 4.36. The summed E-state index contributed by atoms with van der Waals surface area (Å²) in [5.41, 5.74) is 4.19. The number of likely N-dealkylation sites (tertiary alicyclic amines) is 1. The van der Waals surface area contributed by atoms with Crippen LogP contribution in [0.5, 0.6) is 0 Å². The van der Waals surface area contributed by atoms with Gasteiger partial charge in [-0.2, -0.15) is 0 Å². The van der Waals surface area contributed by atoms with Gasteiger partial charge >= 0.3 is 5.97 Å². The maximum absolute atomic E-state index is 13.7. The second-order valence-electron chi connectivity index (χ2n) is 10.4. The molecule has 0 saturated carbocycles. The summed E-state index contributed by atoms with van der Waals surface area (Å²) in [4.78, 5) is 48.6. The highest BCUT2D eigenvalue weighted by Crippen LogP contribution is 2.26. The summed E-state index contributed by atoms with van der Waals surface area (Å²) in [6.07, 6.45) is 2.14. The van der Waals surface area contributed by atoms with Crippen LogP contribution in [0.4, 0.5) is 0 Å². The summed E-state index contributed by atoms with van der Waals surface area (Å²) in [5.74, 6) is -0.307. The number of hydrogen-bond acceptors (Lipinski definition) is 6. The second-order valence-corrected chi connectivity index (χ2v) is 10.4. The monoisotopic (exact) mass is 540 g/mol. The molecular weight excluding hydrogens is 504 g/mol. The van der Waals surface area contributed by atoms with Crippen molar-refractivity contribution in [2.24, 2.45) is 0 Å². The minimum atomic E-state index is -0.352. The van der Waals surface area contributed by atoms with E-state index >= 15 is 0 Å². The molecule has 0 aliphatic carbocycles. The van der Waals surface area contributed by atoms with Crippen LogP contribution in [-0.4, -0.2) is 89.9 Å². The summed E-state index contributed by atoms with van der Waals surface area (Å²) < 4.78 is 4.64. The highest BCUT2D eigenvalue weighted by atomic mass is 16.5. The Morgan fingerprint density at radius 1 is 0.750 bits per heavy atom. The molecule has 0 N–H and O–H groups in total. The molecule has 5 rings (SSSR count). The number of benzene rings is 2. The normalized spacial score (nSPS) is 16.5. The van der Waals surface area contributed by atoms with Crippen LogP contribution in [0.15, 0.2) is 72.8 Å².